The Morgan fingerprint density at radius 1 is 1.16 bits per heavy atom. The fourth-order valence-corrected chi connectivity index (χ4v) is 4.96. The molecule has 1 heterocycles. The van der Waals surface area contributed by atoms with Crippen LogP contribution in [0, 0.1) is 16.7 Å². The smallest absolute Gasteiger partial charge is 0.293 e. The lowest BCUT2D eigenvalue weighted by Crippen LogP contribution is -2.60. The minimum Gasteiger partial charge on any atom is -0.464 e. The number of carbonyl (C=O) groups is 1. The molecule has 25 heavy (non-hydrogen) atoms. The van der Waals surface area contributed by atoms with E-state index in [1.165, 1.54) is 0 Å². The summed E-state index contributed by atoms with van der Waals surface area (Å²) in [7, 11) is 0. The molecule has 1 aliphatic heterocycles. The standard InChI is InChI=1S/C17H28O8/c1-16(2)8-4-11(17(16,3)5-9(8)23-7-19)25-15-14(22)13(21)12(20)10(6-18)24-15/h7-15,18,20-22H,4-6H2,1-3H3/t8-,9+,10+,11-,12+,13-,14+,15-,17-/m0/s1. The average molecular weight is 360 g/mol. The van der Waals surface area contributed by atoms with Gasteiger partial charge in [-0.05, 0) is 18.3 Å². The maximum absolute atomic E-state index is 10.7. The Hall–Kier alpha value is -0.770. The molecule has 0 aromatic rings. The van der Waals surface area contributed by atoms with Crippen molar-refractivity contribution in [3.05, 3.63) is 0 Å². The number of aliphatic hydroxyl groups is 4. The van der Waals surface area contributed by atoms with Gasteiger partial charge in [-0.1, -0.05) is 20.8 Å². The minimum atomic E-state index is -1.46. The molecule has 1 saturated heterocycles. The molecule has 0 radical (unpaired) electrons. The fourth-order valence-electron chi connectivity index (χ4n) is 4.96. The van der Waals surface area contributed by atoms with Crippen LogP contribution in [0.2, 0.25) is 0 Å². The lowest BCUT2D eigenvalue weighted by Gasteiger charge is -2.44. The van der Waals surface area contributed by atoms with Crippen LogP contribution in [0.4, 0.5) is 0 Å². The molecular weight excluding hydrogens is 332 g/mol. The van der Waals surface area contributed by atoms with E-state index in [1.54, 1.807) is 0 Å². The highest BCUT2D eigenvalue weighted by Crippen LogP contribution is 2.67. The summed E-state index contributed by atoms with van der Waals surface area (Å²) in [6.45, 7) is 6.29. The molecule has 0 spiro atoms. The zero-order valence-electron chi connectivity index (χ0n) is 14.7. The van der Waals surface area contributed by atoms with Crippen molar-refractivity contribution in [3.8, 4) is 0 Å². The second-order valence-corrected chi connectivity index (χ2v) is 8.28. The Labute approximate surface area is 146 Å². The van der Waals surface area contributed by atoms with Crippen LogP contribution in [0.1, 0.15) is 33.6 Å². The van der Waals surface area contributed by atoms with E-state index in [-0.39, 0.29) is 29.0 Å². The Morgan fingerprint density at radius 3 is 2.36 bits per heavy atom. The molecule has 0 amide bonds. The Morgan fingerprint density at radius 2 is 1.84 bits per heavy atom. The second-order valence-electron chi connectivity index (χ2n) is 8.28. The number of rotatable bonds is 5. The first-order chi connectivity index (χ1) is 11.7. The number of aliphatic hydroxyl groups excluding tert-OH is 4. The highest BCUT2D eigenvalue weighted by Gasteiger charge is 2.67. The lowest BCUT2D eigenvalue weighted by atomic mass is 9.70. The second kappa shape index (κ2) is 6.44. The molecule has 3 fully saturated rings. The van der Waals surface area contributed by atoms with E-state index in [4.69, 9.17) is 14.2 Å². The van der Waals surface area contributed by atoms with Crippen LogP contribution in [0.25, 0.3) is 0 Å². The summed E-state index contributed by atoms with van der Waals surface area (Å²) in [5.74, 6) is 0.123. The van der Waals surface area contributed by atoms with Gasteiger partial charge in [0.1, 0.15) is 30.5 Å². The first kappa shape index (κ1) is 19.0. The molecule has 8 heteroatoms. The van der Waals surface area contributed by atoms with Crippen LogP contribution >= 0.6 is 0 Å². The van der Waals surface area contributed by atoms with Crippen LogP contribution in [-0.2, 0) is 19.0 Å². The summed E-state index contributed by atoms with van der Waals surface area (Å²) in [5, 5.41) is 39.3. The Kier molecular flexibility index (Phi) is 4.89. The van der Waals surface area contributed by atoms with Crippen molar-refractivity contribution >= 4 is 6.47 Å². The van der Waals surface area contributed by atoms with E-state index in [9.17, 15) is 25.2 Å². The normalized spacial score (nSPS) is 51.5. The topological polar surface area (TPSA) is 126 Å². The van der Waals surface area contributed by atoms with Crippen LogP contribution in [0.5, 0.6) is 0 Å². The number of carbonyl (C=O) groups excluding carboxylic acids is 1. The molecule has 0 aromatic carbocycles. The first-order valence-electron chi connectivity index (χ1n) is 8.72. The van der Waals surface area contributed by atoms with Crippen LogP contribution in [0.3, 0.4) is 0 Å². The largest absolute Gasteiger partial charge is 0.464 e. The van der Waals surface area contributed by atoms with Gasteiger partial charge in [-0.2, -0.15) is 0 Å². The van der Waals surface area contributed by atoms with Gasteiger partial charge in [-0.25, -0.2) is 0 Å². The SMILES string of the molecule is CC1(C)[C@H]2C[C@H](O[C@@H]3O[C@H](CO)[C@@H](O)[C@H](O)[C@H]3O)[C@]1(C)C[C@H]2OC=O. The van der Waals surface area contributed by atoms with Gasteiger partial charge < -0.3 is 34.6 Å². The molecule has 8 nitrogen and oxygen atoms in total. The van der Waals surface area contributed by atoms with Gasteiger partial charge in [0.05, 0.1) is 12.7 Å². The molecule has 0 unspecified atom stereocenters. The lowest BCUT2D eigenvalue weighted by molar-refractivity contribution is -0.320. The van der Waals surface area contributed by atoms with Crippen molar-refractivity contribution in [2.45, 2.75) is 76.5 Å². The molecule has 4 N–H and O–H groups in total. The minimum absolute atomic E-state index is 0.123. The zero-order chi connectivity index (χ0) is 18.6. The summed E-state index contributed by atoms with van der Waals surface area (Å²) >= 11 is 0. The van der Waals surface area contributed by atoms with Crippen molar-refractivity contribution in [2.24, 2.45) is 16.7 Å². The van der Waals surface area contributed by atoms with Crippen molar-refractivity contribution < 1.29 is 39.4 Å². The molecular formula is C17H28O8. The summed E-state index contributed by atoms with van der Waals surface area (Å²) in [6, 6.07) is 0. The van der Waals surface area contributed by atoms with E-state index in [0.29, 0.717) is 19.3 Å². The predicted molar refractivity (Wildman–Crippen MR) is 84.2 cm³/mol. The number of hydrogen-bond donors (Lipinski definition) is 4. The third kappa shape index (κ3) is 2.70. The third-order valence-corrected chi connectivity index (χ3v) is 7.03. The van der Waals surface area contributed by atoms with Gasteiger partial charge >= 0.3 is 0 Å². The maximum Gasteiger partial charge on any atom is 0.293 e. The molecule has 144 valence electrons. The van der Waals surface area contributed by atoms with Crippen LogP contribution < -0.4 is 0 Å². The van der Waals surface area contributed by atoms with Crippen LogP contribution in [0.15, 0.2) is 0 Å². The van der Waals surface area contributed by atoms with Gasteiger partial charge in [0.15, 0.2) is 6.29 Å². The highest BCUT2D eigenvalue weighted by atomic mass is 16.7. The van der Waals surface area contributed by atoms with E-state index < -0.39 is 37.3 Å². The summed E-state index contributed by atoms with van der Waals surface area (Å²) in [6.07, 6.45) is -5.55. The van der Waals surface area contributed by atoms with Crippen molar-refractivity contribution in [1.29, 1.82) is 0 Å². The molecule has 0 aromatic heterocycles. The van der Waals surface area contributed by atoms with Gasteiger partial charge in [-0.3, -0.25) is 4.79 Å². The number of ether oxygens (including phenoxy) is 3. The summed E-state index contributed by atoms with van der Waals surface area (Å²) < 4.78 is 16.7. The van der Waals surface area contributed by atoms with E-state index in [1.807, 2.05) is 0 Å². The van der Waals surface area contributed by atoms with Crippen LogP contribution in [-0.4, -0.2) is 76.4 Å². The molecule has 3 rings (SSSR count). The highest BCUT2D eigenvalue weighted by molar-refractivity contribution is 5.38. The predicted octanol–water partition coefficient (Wildman–Crippen LogP) is -0.831. The Bertz CT molecular complexity index is 509. The molecule has 2 aliphatic carbocycles. The molecule has 3 aliphatic rings. The third-order valence-electron chi connectivity index (χ3n) is 7.03. The summed E-state index contributed by atoms with van der Waals surface area (Å²) in [4.78, 5) is 10.7. The van der Waals surface area contributed by atoms with E-state index >= 15 is 0 Å². The van der Waals surface area contributed by atoms with Crippen molar-refractivity contribution in [1.82, 2.24) is 0 Å². The van der Waals surface area contributed by atoms with E-state index in [2.05, 4.69) is 20.8 Å². The van der Waals surface area contributed by atoms with Gasteiger partial charge in [0, 0.05) is 11.3 Å². The molecule has 2 saturated carbocycles. The van der Waals surface area contributed by atoms with Gasteiger partial charge in [-0.15, -0.1) is 0 Å². The monoisotopic (exact) mass is 360 g/mol. The van der Waals surface area contributed by atoms with Gasteiger partial charge in [0.2, 0.25) is 0 Å². The van der Waals surface area contributed by atoms with E-state index in [0.717, 1.165) is 0 Å². The quantitative estimate of drug-likeness (QED) is 0.468. The maximum atomic E-state index is 10.7. The number of hydrogen-bond acceptors (Lipinski definition) is 8. The van der Waals surface area contributed by atoms with Gasteiger partial charge in [0.25, 0.3) is 6.47 Å². The van der Waals surface area contributed by atoms with Crippen molar-refractivity contribution in [3.63, 3.8) is 0 Å². The average Bonchev–Trinajstić information content (AvgIpc) is 2.86. The molecule has 2 bridgehead atoms. The zero-order valence-corrected chi connectivity index (χ0v) is 14.7. The first-order valence-corrected chi connectivity index (χ1v) is 8.72. The van der Waals surface area contributed by atoms with Crippen molar-refractivity contribution in [2.75, 3.05) is 6.61 Å². The number of fused-ring (bicyclic) bond motifs is 2. The Balaban J connectivity index is 1.75. The summed E-state index contributed by atoms with van der Waals surface area (Å²) in [5.41, 5.74) is -0.441. The molecule has 9 atom stereocenters. The fraction of sp³-hybridized carbons (Fsp3) is 0.941.